The van der Waals surface area contributed by atoms with E-state index in [1.807, 2.05) is 18.4 Å². The Morgan fingerprint density at radius 1 is 1.14 bits per heavy atom. The molecule has 0 spiro atoms. The van der Waals surface area contributed by atoms with Crippen LogP contribution in [-0.4, -0.2) is 21.7 Å². The molecule has 2 aromatic carbocycles. The van der Waals surface area contributed by atoms with Crippen molar-refractivity contribution in [3.63, 3.8) is 0 Å². The molecule has 1 amide bonds. The van der Waals surface area contributed by atoms with Crippen molar-refractivity contribution in [2.45, 2.75) is 17.6 Å². The summed E-state index contributed by atoms with van der Waals surface area (Å²) in [5.41, 5.74) is -0.0129. The van der Waals surface area contributed by atoms with Crippen molar-refractivity contribution in [1.82, 2.24) is 9.55 Å². The van der Waals surface area contributed by atoms with Gasteiger partial charge in [0.2, 0.25) is 5.91 Å². The van der Waals surface area contributed by atoms with E-state index < -0.39 is 23.2 Å². The molecule has 29 heavy (non-hydrogen) atoms. The summed E-state index contributed by atoms with van der Waals surface area (Å²) in [4.78, 5) is 29.6. The van der Waals surface area contributed by atoms with Gasteiger partial charge in [-0.25, -0.2) is 4.98 Å². The Labute approximate surface area is 168 Å². The highest BCUT2D eigenvalue weighted by Gasteiger charge is 2.30. The van der Waals surface area contributed by atoms with Crippen LogP contribution >= 0.6 is 11.8 Å². The average Bonchev–Trinajstić information content (AvgIpc) is 2.69. The van der Waals surface area contributed by atoms with Crippen LogP contribution in [-0.2, 0) is 17.5 Å². The minimum atomic E-state index is -4.43. The zero-order valence-electron chi connectivity index (χ0n) is 15.2. The number of amides is 1. The number of thioether (sulfide) groups is 1. The third kappa shape index (κ3) is 5.05. The summed E-state index contributed by atoms with van der Waals surface area (Å²) < 4.78 is 39.1. The van der Waals surface area contributed by atoms with E-state index in [1.54, 1.807) is 12.1 Å². The summed E-state index contributed by atoms with van der Waals surface area (Å²) >= 11 is 1.48. The summed E-state index contributed by atoms with van der Waals surface area (Å²) in [6, 6.07) is 12.8. The molecule has 1 N–H and O–H groups in total. The molecule has 0 unspecified atom stereocenters. The van der Waals surface area contributed by atoms with E-state index in [9.17, 15) is 22.8 Å². The van der Waals surface area contributed by atoms with Crippen LogP contribution in [0.25, 0.3) is 11.3 Å². The second kappa shape index (κ2) is 8.52. The fraction of sp³-hybridized carbons (Fsp3) is 0.150. The van der Waals surface area contributed by atoms with Crippen molar-refractivity contribution in [2.75, 3.05) is 11.6 Å². The standard InChI is InChI=1S/C20H16F3N3O2S/c1-29-17-5-3-2-4-15(17)25-18(27)11-26-12-24-16(10-19(26)28)13-6-8-14(9-7-13)20(21,22)23/h2-10,12H,11H2,1H3,(H,25,27). The number of anilines is 1. The smallest absolute Gasteiger partial charge is 0.324 e. The maximum atomic E-state index is 12.7. The van der Waals surface area contributed by atoms with Gasteiger partial charge in [0.05, 0.1) is 23.3 Å². The highest BCUT2D eigenvalue weighted by molar-refractivity contribution is 7.98. The number of nitrogens with one attached hydrogen (secondary N) is 1. The third-order valence-corrected chi connectivity index (χ3v) is 4.88. The van der Waals surface area contributed by atoms with Crippen molar-refractivity contribution in [3.8, 4) is 11.3 Å². The van der Waals surface area contributed by atoms with Gasteiger partial charge in [-0.2, -0.15) is 13.2 Å². The molecule has 0 radical (unpaired) electrons. The van der Waals surface area contributed by atoms with Gasteiger partial charge >= 0.3 is 6.18 Å². The van der Waals surface area contributed by atoms with E-state index in [4.69, 9.17) is 0 Å². The number of nitrogens with zero attached hydrogens (tertiary/aromatic N) is 2. The number of aromatic nitrogens is 2. The van der Waals surface area contributed by atoms with Crippen LogP contribution in [0.1, 0.15) is 5.56 Å². The SMILES string of the molecule is CSc1ccccc1NC(=O)Cn1cnc(-c2ccc(C(F)(F)F)cc2)cc1=O. The summed E-state index contributed by atoms with van der Waals surface area (Å²) in [6.45, 7) is -0.234. The van der Waals surface area contributed by atoms with Gasteiger partial charge in [0.25, 0.3) is 5.56 Å². The second-order valence-electron chi connectivity index (χ2n) is 6.06. The van der Waals surface area contributed by atoms with E-state index in [2.05, 4.69) is 10.3 Å². The van der Waals surface area contributed by atoms with Gasteiger partial charge in [0.1, 0.15) is 6.54 Å². The van der Waals surface area contributed by atoms with E-state index in [0.29, 0.717) is 11.3 Å². The van der Waals surface area contributed by atoms with E-state index in [0.717, 1.165) is 21.6 Å². The molecule has 0 aliphatic rings. The lowest BCUT2D eigenvalue weighted by Gasteiger charge is -2.11. The molecular formula is C20H16F3N3O2S. The van der Waals surface area contributed by atoms with Crippen LogP contribution in [0.15, 0.2) is 70.6 Å². The number of rotatable bonds is 5. The molecule has 1 heterocycles. The molecule has 0 saturated heterocycles. The number of hydrogen-bond donors (Lipinski definition) is 1. The molecule has 5 nitrogen and oxygen atoms in total. The van der Waals surface area contributed by atoms with Crippen LogP contribution < -0.4 is 10.9 Å². The van der Waals surface area contributed by atoms with Gasteiger partial charge < -0.3 is 5.32 Å². The molecule has 3 aromatic rings. The maximum absolute atomic E-state index is 12.7. The number of carbonyl (C=O) groups excluding carboxylic acids is 1. The number of benzene rings is 2. The molecule has 0 saturated carbocycles. The second-order valence-corrected chi connectivity index (χ2v) is 6.91. The summed E-state index contributed by atoms with van der Waals surface area (Å²) in [6.07, 6.45) is -1.34. The van der Waals surface area contributed by atoms with E-state index >= 15 is 0 Å². The van der Waals surface area contributed by atoms with Gasteiger partial charge in [-0.3, -0.25) is 14.2 Å². The number of para-hydroxylation sites is 1. The normalized spacial score (nSPS) is 11.3. The zero-order valence-corrected chi connectivity index (χ0v) is 16.1. The summed E-state index contributed by atoms with van der Waals surface area (Å²) in [7, 11) is 0. The van der Waals surface area contributed by atoms with Crippen LogP contribution in [0.4, 0.5) is 18.9 Å². The van der Waals surface area contributed by atoms with Crippen molar-refractivity contribution < 1.29 is 18.0 Å². The van der Waals surface area contributed by atoms with Gasteiger partial charge in [-0.1, -0.05) is 24.3 Å². The Bertz CT molecular complexity index is 1080. The molecule has 0 aliphatic carbocycles. The van der Waals surface area contributed by atoms with Crippen LogP contribution in [0, 0.1) is 0 Å². The number of hydrogen-bond acceptors (Lipinski definition) is 4. The zero-order chi connectivity index (χ0) is 21.0. The van der Waals surface area contributed by atoms with E-state index in [1.165, 1.54) is 36.3 Å². The Hall–Kier alpha value is -3.07. The van der Waals surface area contributed by atoms with Gasteiger partial charge in [-0.05, 0) is 30.5 Å². The van der Waals surface area contributed by atoms with Gasteiger partial charge in [0, 0.05) is 16.5 Å². The van der Waals surface area contributed by atoms with Crippen LogP contribution in [0.5, 0.6) is 0 Å². The van der Waals surface area contributed by atoms with E-state index in [-0.39, 0.29) is 12.2 Å². The maximum Gasteiger partial charge on any atom is 0.416 e. The minimum absolute atomic E-state index is 0.230. The first-order valence-electron chi connectivity index (χ1n) is 8.45. The first-order chi connectivity index (χ1) is 13.8. The molecule has 0 fully saturated rings. The Morgan fingerprint density at radius 2 is 1.83 bits per heavy atom. The topological polar surface area (TPSA) is 64.0 Å². The highest BCUT2D eigenvalue weighted by Crippen LogP contribution is 2.30. The van der Waals surface area contributed by atoms with Crippen molar-refractivity contribution >= 4 is 23.4 Å². The predicted octanol–water partition coefficient (Wildman–Crippen LogP) is 4.29. The number of halogens is 3. The fourth-order valence-corrected chi connectivity index (χ4v) is 3.18. The lowest BCUT2D eigenvalue weighted by Crippen LogP contribution is -2.27. The number of alkyl halides is 3. The molecule has 0 aliphatic heterocycles. The van der Waals surface area contributed by atoms with Gasteiger partial charge in [0.15, 0.2) is 0 Å². The summed E-state index contributed by atoms with van der Waals surface area (Å²) in [5, 5.41) is 2.75. The lowest BCUT2D eigenvalue weighted by atomic mass is 10.1. The molecule has 9 heteroatoms. The lowest BCUT2D eigenvalue weighted by molar-refractivity contribution is -0.137. The van der Waals surface area contributed by atoms with Crippen molar-refractivity contribution in [3.05, 3.63) is 76.8 Å². The highest BCUT2D eigenvalue weighted by atomic mass is 32.2. The Kier molecular flexibility index (Phi) is 6.07. The van der Waals surface area contributed by atoms with Crippen molar-refractivity contribution in [1.29, 1.82) is 0 Å². The molecule has 1 aromatic heterocycles. The Balaban J connectivity index is 1.74. The minimum Gasteiger partial charge on any atom is -0.324 e. The molecular weight excluding hydrogens is 403 g/mol. The summed E-state index contributed by atoms with van der Waals surface area (Å²) in [5.74, 6) is -0.391. The molecule has 0 bridgehead atoms. The number of carbonyl (C=O) groups is 1. The van der Waals surface area contributed by atoms with Crippen molar-refractivity contribution in [2.24, 2.45) is 0 Å². The van der Waals surface area contributed by atoms with Gasteiger partial charge in [-0.15, -0.1) is 11.8 Å². The first kappa shape index (κ1) is 20.7. The fourth-order valence-electron chi connectivity index (χ4n) is 2.62. The third-order valence-electron chi connectivity index (χ3n) is 4.08. The monoisotopic (exact) mass is 419 g/mol. The average molecular weight is 419 g/mol. The molecule has 150 valence electrons. The Morgan fingerprint density at radius 3 is 2.45 bits per heavy atom. The van der Waals surface area contributed by atoms with Crippen LogP contribution in [0.3, 0.4) is 0 Å². The van der Waals surface area contributed by atoms with Crippen LogP contribution in [0.2, 0.25) is 0 Å². The first-order valence-corrected chi connectivity index (χ1v) is 9.67. The molecule has 0 atom stereocenters. The predicted molar refractivity (Wildman–Crippen MR) is 106 cm³/mol. The molecule has 3 rings (SSSR count). The largest absolute Gasteiger partial charge is 0.416 e. The quantitative estimate of drug-likeness (QED) is 0.627.